The molecule has 1 aromatic heterocycles. The summed E-state index contributed by atoms with van der Waals surface area (Å²) in [5.41, 5.74) is 2.46. The number of carbonyl (C=O) groups is 2. The van der Waals surface area contributed by atoms with Crippen LogP contribution in [0.5, 0.6) is 0 Å². The number of aliphatic hydroxyl groups excluding tert-OH is 1. The zero-order valence-corrected chi connectivity index (χ0v) is 19.5. The van der Waals surface area contributed by atoms with Crippen LogP contribution in [0.2, 0.25) is 0 Å². The second kappa shape index (κ2) is 8.72. The van der Waals surface area contributed by atoms with Crippen molar-refractivity contribution >= 4 is 17.4 Å². The third kappa shape index (κ3) is 3.93. The zero-order valence-electron chi connectivity index (χ0n) is 19.5. The summed E-state index contributed by atoms with van der Waals surface area (Å²) < 4.78 is 1.76. The maximum absolute atomic E-state index is 13.5. The second-order valence-corrected chi connectivity index (χ2v) is 10.3. The molecule has 2 N–H and O–H groups in total. The van der Waals surface area contributed by atoms with Crippen LogP contribution in [0.4, 0.5) is 0 Å². The second-order valence-electron chi connectivity index (χ2n) is 10.3. The summed E-state index contributed by atoms with van der Waals surface area (Å²) in [6.07, 6.45) is 7.35. The van der Waals surface area contributed by atoms with Crippen LogP contribution in [0.25, 0.3) is 5.57 Å². The normalized spacial score (nSPS) is 28.1. The van der Waals surface area contributed by atoms with Crippen molar-refractivity contribution in [1.29, 1.82) is 0 Å². The van der Waals surface area contributed by atoms with Gasteiger partial charge in [-0.3, -0.25) is 14.4 Å². The van der Waals surface area contributed by atoms with Crippen molar-refractivity contribution in [2.45, 2.75) is 50.7 Å². The molecule has 0 spiro atoms. The van der Waals surface area contributed by atoms with E-state index in [1.54, 1.807) is 9.47 Å². The Morgan fingerprint density at radius 2 is 2.03 bits per heavy atom. The van der Waals surface area contributed by atoms with Gasteiger partial charge in [0.1, 0.15) is 0 Å². The van der Waals surface area contributed by atoms with Crippen LogP contribution < -0.4 is 10.9 Å². The lowest BCUT2D eigenvalue weighted by Gasteiger charge is -2.39. The zero-order chi connectivity index (χ0) is 23.3. The number of amides is 2. The Hall–Kier alpha value is -2.45. The predicted molar refractivity (Wildman–Crippen MR) is 124 cm³/mol. The summed E-state index contributed by atoms with van der Waals surface area (Å²) >= 11 is 0. The van der Waals surface area contributed by atoms with Crippen LogP contribution >= 0.6 is 0 Å². The Bertz CT molecular complexity index is 1040. The van der Waals surface area contributed by atoms with E-state index in [0.29, 0.717) is 24.7 Å². The average Bonchev–Trinajstić information content (AvgIpc) is 3.38. The van der Waals surface area contributed by atoms with E-state index in [1.807, 2.05) is 31.1 Å². The van der Waals surface area contributed by atoms with Gasteiger partial charge in [0.05, 0.1) is 24.5 Å². The molecule has 0 radical (unpaired) electrons. The van der Waals surface area contributed by atoms with E-state index in [-0.39, 0.29) is 36.6 Å². The van der Waals surface area contributed by atoms with E-state index in [1.165, 1.54) is 0 Å². The van der Waals surface area contributed by atoms with E-state index in [9.17, 15) is 19.5 Å². The Morgan fingerprint density at radius 1 is 1.24 bits per heavy atom. The molecule has 4 aliphatic rings. The number of aromatic nitrogens is 1. The number of rotatable bonds is 7. The first-order chi connectivity index (χ1) is 15.9. The highest BCUT2D eigenvalue weighted by molar-refractivity contribution is 5.85. The fraction of sp³-hybridized carbons (Fsp3) is 0.640. The van der Waals surface area contributed by atoms with Gasteiger partial charge in [-0.1, -0.05) is 6.08 Å². The first-order valence-electron chi connectivity index (χ1n) is 12.2. The Balaban J connectivity index is 1.56. The van der Waals surface area contributed by atoms with Crippen molar-refractivity contribution in [2.24, 2.45) is 17.8 Å². The third-order valence-corrected chi connectivity index (χ3v) is 7.74. The summed E-state index contributed by atoms with van der Waals surface area (Å²) in [6.45, 7) is 0.963. The van der Waals surface area contributed by atoms with Crippen molar-refractivity contribution < 1.29 is 14.7 Å². The molecule has 0 aromatic carbocycles. The molecule has 2 amide bonds. The number of hydrogen-bond acceptors (Lipinski definition) is 5. The number of hydrogen-bond donors (Lipinski definition) is 2. The molecule has 1 saturated carbocycles. The quantitative estimate of drug-likeness (QED) is 0.641. The number of nitrogens with zero attached hydrogens (tertiary/aromatic N) is 3. The number of nitrogens with one attached hydrogen (secondary N) is 1. The van der Waals surface area contributed by atoms with E-state index in [4.69, 9.17) is 0 Å². The minimum absolute atomic E-state index is 0.0499. The SMILES string of the molecule is CN(C)CC(=O)N1[C@@H]2Cn3c(ccc(C4=CCCC4)c3=O)[C@H]1[C@@H](C(=O)NCC1CC1)[C@@H]2CO. The molecule has 8 nitrogen and oxygen atoms in total. The highest BCUT2D eigenvalue weighted by Crippen LogP contribution is 2.48. The van der Waals surface area contributed by atoms with Gasteiger partial charge in [0.2, 0.25) is 11.8 Å². The van der Waals surface area contributed by atoms with Gasteiger partial charge in [-0.15, -0.1) is 0 Å². The van der Waals surface area contributed by atoms with Gasteiger partial charge in [0.25, 0.3) is 5.56 Å². The summed E-state index contributed by atoms with van der Waals surface area (Å²) in [5.74, 6) is -0.652. The number of fused-ring (bicyclic) bond motifs is 4. The van der Waals surface area contributed by atoms with Crippen LogP contribution in [0.3, 0.4) is 0 Å². The van der Waals surface area contributed by atoms with Crippen molar-refractivity contribution in [1.82, 2.24) is 19.7 Å². The van der Waals surface area contributed by atoms with Crippen LogP contribution in [0, 0.1) is 17.8 Å². The highest BCUT2D eigenvalue weighted by atomic mass is 16.3. The molecule has 8 heteroatoms. The summed E-state index contributed by atoms with van der Waals surface area (Å²) in [4.78, 5) is 43.8. The Labute approximate surface area is 194 Å². The fourth-order valence-electron chi connectivity index (χ4n) is 5.95. The molecule has 2 bridgehead atoms. The van der Waals surface area contributed by atoms with Crippen LogP contribution in [0.1, 0.15) is 49.4 Å². The number of likely N-dealkylation sites (N-methyl/N-ethyl adjacent to an activating group) is 1. The number of carbonyl (C=O) groups excluding carboxylic acids is 2. The predicted octanol–water partition coefficient (Wildman–Crippen LogP) is 0.994. The van der Waals surface area contributed by atoms with E-state index < -0.39 is 17.9 Å². The Kier molecular flexibility index (Phi) is 5.91. The molecule has 33 heavy (non-hydrogen) atoms. The van der Waals surface area contributed by atoms with E-state index >= 15 is 0 Å². The minimum atomic E-state index is -0.574. The Morgan fingerprint density at radius 3 is 2.67 bits per heavy atom. The lowest BCUT2D eigenvalue weighted by Crippen LogP contribution is -2.51. The van der Waals surface area contributed by atoms with Gasteiger partial charge in [-0.2, -0.15) is 0 Å². The summed E-state index contributed by atoms with van der Waals surface area (Å²) in [7, 11) is 3.68. The van der Waals surface area contributed by atoms with Crippen molar-refractivity contribution in [3.05, 3.63) is 39.8 Å². The van der Waals surface area contributed by atoms with Crippen LogP contribution in [-0.2, 0) is 16.1 Å². The number of allylic oxidation sites excluding steroid dienone is 2. The van der Waals surface area contributed by atoms with Gasteiger partial charge >= 0.3 is 0 Å². The van der Waals surface area contributed by atoms with Gasteiger partial charge in [-0.05, 0) is 69.8 Å². The van der Waals surface area contributed by atoms with Crippen molar-refractivity contribution in [3.8, 4) is 0 Å². The molecular formula is C25H34N4O4. The largest absolute Gasteiger partial charge is 0.396 e. The number of pyridine rings is 1. The summed E-state index contributed by atoms with van der Waals surface area (Å²) in [5, 5.41) is 13.4. The van der Waals surface area contributed by atoms with Crippen LogP contribution in [0.15, 0.2) is 23.0 Å². The molecular weight excluding hydrogens is 420 g/mol. The van der Waals surface area contributed by atoms with E-state index in [2.05, 4.69) is 11.4 Å². The molecule has 5 rings (SSSR count). The van der Waals surface area contributed by atoms with Crippen LogP contribution in [-0.4, -0.2) is 71.1 Å². The summed E-state index contributed by atoms with van der Waals surface area (Å²) in [6, 6.07) is 2.85. The first-order valence-corrected chi connectivity index (χ1v) is 12.2. The van der Waals surface area contributed by atoms with Gasteiger partial charge in [0, 0.05) is 36.9 Å². The molecule has 3 heterocycles. The lowest BCUT2D eigenvalue weighted by atomic mass is 9.86. The molecule has 2 aliphatic carbocycles. The third-order valence-electron chi connectivity index (χ3n) is 7.74. The van der Waals surface area contributed by atoms with Gasteiger partial charge in [-0.25, -0.2) is 0 Å². The molecule has 1 aromatic rings. The van der Waals surface area contributed by atoms with Gasteiger partial charge < -0.3 is 24.8 Å². The monoisotopic (exact) mass is 454 g/mol. The molecule has 2 fully saturated rings. The average molecular weight is 455 g/mol. The first kappa shape index (κ1) is 22.3. The molecule has 4 atom stereocenters. The highest BCUT2D eigenvalue weighted by Gasteiger charge is 2.57. The standard InChI is InChI=1S/C25H34N4O4/c1-27(2)13-21(31)29-20-12-28-19(10-9-17(25(28)33)16-5-3-4-6-16)23(29)22(18(20)14-30)24(32)26-11-15-7-8-15/h5,9-10,15,18,20,22-23,30H,3-4,6-8,11-14H2,1-2H3,(H,26,32)/t18-,20-,22+,23+/m1/s1. The molecule has 0 unspecified atom stereocenters. The van der Waals surface area contributed by atoms with Crippen molar-refractivity contribution in [2.75, 3.05) is 33.8 Å². The molecule has 178 valence electrons. The molecule has 1 saturated heterocycles. The maximum atomic E-state index is 13.5. The topological polar surface area (TPSA) is 94.9 Å². The minimum Gasteiger partial charge on any atom is -0.396 e. The number of aliphatic hydroxyl groups is 1. The lowest BCUT2D eigenvalue weighted by molar-refractivity contribution is -0.137. The fourth-order valence-corrected chi connectivity index (χ4v) is 5.95. The van der Waals surface area contributed by atoms with Gasteiger partial charge in [0.15, 0.2) is 0 Å². The molecule has 2 aliphatic heterocycles. The van der Waals surface area contributed by atoms with E-state index in [0.717, 1.165) is 43.2 Å². The maximum Gasteiger partial charge on any atom is 0.258 e. The smallest absolute Gasteiger partial charge is 0.258 e. The van der Waals surface area contributed by atoms with Crippen molar-refractivity contribution in [3.63, 3.8) is 0 Å².